The third-order valence-corrected chi connectivity index (χ3v) is 0.820. The van der Waals surface area contributed by atoms with Crippen LogP contribution in [0.3, 0.4) is 0 Å². The van der Waals surface area contributed by atoms with Crippen LogP contribution in [0.1, 0.15) is 12.8 Å². The van der Waals surface area contributed by atoms with Crippen molar-refractivity contribution in [3.63, 3.8) is 0 Å². The molecule has 0 aliphatic rings. The van der Waals surface area contributed by atoms with Gasteiger partial charge in [0.2, 0.25) is 5.91 Å². The molecule has 0 rings (SSSR count). The van der Waals surface area contributed by atoms with E-state index in [1.807, 2.05) is 0 Å². The number of nitrogens with two attached hydrogens (primary N) is 2. The maximum atomic E-state index is 10.1. The number of carbonyl (C=O) groups is 1. The van der Waals surface area contributed by atoms with Crippen LogP contribution < -0.4 is 10.9 Å². The van der Waals surface area contributed by atoms with E-state index in [1.165, 1.54) is 6.08 Å². The molecule has 64 valence electrons. The Kier molecular flexibility index (Phi) is 14.1. The molecule has 0 radical (unpaired) electrons. The Morgan fingerprint density at radius 1 is 1.45 bits per heavy atom. The van der Waals surface area contributed by atoms with Crippen LogP contribution in [0, 0.1) is 0 Å². The van der Waals surface area contributed by atoms with Gasteiger partial charge in [-0.2, -0.15) is 0 Å². The van der Waals surface area contributed by atoms with Crippen LogP contribution in [0.5, 0.6) is 0 Å². The predicted molar refractivity (Wildman–Crippen MR) is 50.9 cm³/mol. The largest absolute Gasteiger partial charge is 0.366 e. The maximum Gasteiger partial charge on any atom is 0.241 e. The van der Waals surface area contributed by atoms with Crippen LogP contribution in [0.15, 0.2) is 24.8 Å². The maximum absolute atomic E-state index is 10.1. The molecule has 0 aromatic carbocycles. The zero-order valence-corrected chi connectivity index (χ0v) is 7.26. The van der Waals surface area contributed by atoms with Gasteiger partial charge in [-0.05, 0) is 18.9 Å². The van der Waals surface area contributed by atoms with Crippen LogP contribution in [0.4, 0.5) is 0 Å². The SMILES string of the molecule is C=CCC/C=C/C(N)=O.NS. The standard InChI is InChI=1S/C7H11NO.H3NS/c1-2-3-4-5-6-7(8)9;1-2/h2,5-6H,1,3-4H2,(H2,8,9);2H,1H2/b6-5+;. The van der Waals surface area contributed by atoms with Crippen molar-refractivity contribution in [3.05, 3.63) is 24.8 Å². The zero-order chi connectivity index (χ0) is 9.11. The Labute approximate surface area is 72.7 Å². The summed E-state index contributed by atoms with van der Waals surface area (Å²) in [7, 11) is 0. The van der Waals surface area contributed by atoms with E-state index in [9.17, 15) is 4.79 Å². The van der Waals surface area contributed by atoms with Gasteiger partial charge in [-0.25, -0.2) is 0 Å². The molecule has 3 nitrogen and oxygen atoms in total. The molecule has 0 spiro atoms. The molecule has 4 N–H and O–H groups in total. The van der Waals surface area contributed by atoms with E-state index in [2.05, 4.69) is 24.5 Å². The highest BCUT2D eigenvalue weighted by Gasteiger charge is 1.79. The highest BCUT2D eigenvalue weighted by Crippen LogP contribution is 1.89. The summed E-state index contributed by atoms with van der Waals surface area (Å²) in [6, 6.07) is 0. The van der Waals surface area contributed by atoms with E-state index < -0.39 is 0 Å². The minimum atomic E-state index is -0.390. The Bertz CT molecular complexity index is 134. The molecular formula is C7H14N2OS. The van der Waals surface area contributed by atoms with Crippen LogP contribution in [-0.2, 0) is 4.79 Å². The van der Waals surface area contributed by atoms with Crippen LogP contribution in [0.2, 0.25) is 0 Å². The van der Waals surface area contributed by atoms with Crippen molar-refractivity contribution in [2.45, 2.75) is 12.8 Å². The van der Waals surface area contributed by atoms with E-state index in [0.29, 0.717) is 0 Å². The van der Waals surface area contributed by atoms with E-state index in [-0.39, 0.29) is 5.91 Å². The summed E-state index contributed by atoms with van der Waals surface area (Å²) in [5.41, 5.74) is 4.82. The Morgan fingerprint density at radius 2 is 2.00 bits per heavy atom. The fourth-order valence-corrected chi connectivity index (χ4v) is 0.414. The highest BCUT2D eigenvalue weighted by atomic mass is 32.1. The lowest BCUT2D eigenvalue weighted by molar-refractivity contribution is -0.113. The topological polar surface area (TPSA) is 69.1 Å². The molecule has 0 saturated carbocycles. The molecule has 4 heteroatoms. The highest BCUT2D eigenvalue weighted by molar-refractivity contribution is 7.77. The molecule has 11 heavy (non-hydrogen) atoms. The van der Waals surface area contributed by atoms with Gasteiger partial charge in [0.25, 0.3) is 0 Å². The first-order valence-electron chi connectivity index (χ1n) is 3.10. The van der Waals surface area contributed by atoms with E-state index in [0.717, 1.165) is 12.8 Å². The normalized spacial score (nSPS) is 8.55. The number of hydrogen-bond donors (Lipinski definition) is 3. The molecule has 0 unspecified atom stereocenters. The van der Waals surface area contributed by atoms with Gasteiger partial charge in [0.1, 0.15) is 0 Å². The lowest BCUT2D eigenvalue weighted by atomic mass is 10.3. The van der Waals surface area contributed by atoms with Gasteiger partial charge in [0.15, 0.2) is 0 Å². The monoisotopic (exact) mass is 174 g/mol. The third kappa shape index (κ3) is 17.6. The molecular weight excluding hydrogens is 160 g/mol. The van der Waals surface area contributed by atoms with E-state index >= 15 is 0 Å². The van der Waals surface area contributed by atoms with Gasteiger partial charge in [-0.1, -0.05) is 12.2 Å². The van der Waals surface area contributed by atoms with Gasteiger partial charge >= 0.3 is 0 Å². The van der Waals surface area contributed by atoms with Crippen molar-refractivity contribution in [2.24, 2.45) is 10.9 Å². The zero-order valence-electron chi connectivity index (χ0n) is 6.36. The fraction of sp³-hybridized carbons (Fsp3) is 0.286. The third-order valence-electron chi connectivity index (χ3n) is 0.820. The number of unbranched alkanes of at least 4 members (excludes halogenated alkanes) is 1. The lowest BCUT2D eigenvalue weighted by Gasteiger charge is -1.82. The molecule has 0 saturated heterocycles. The molecule has 0 aromatic heterocycles. The van der Waals surface area contributed by atoms with Crippen molar-refractivity contribution in [3.8, 4) is 0 Å². The van der Waals surface area contributed by atoms with E-state index in [1.54, 1.807) is 12.2 Å². The second-order valence-corrected chi connectivity index (χ2v) is 1.67. The molecule has 0 atom stereocenters. The Hall–Kier alpha value is -0.740. The summed E-state index contributed by atoms with van der Waals surface area (Å²) in [4.78, 5) is 10.1. The summed E-state index contributed by atoms with van der Waals surface area (Å²) >= 11 is 3.03. The first-order chi connectivity index (χ1) is 5.27. The van der Waals surface area contributed by atoms with Crippen LogP contribution in [0.25, 0.3) is 0 Å². The number of hydrogen-bond acceptors (Lipinski definition) is 3. The van der Waals surface area contributed by atoms with Crippen LogP contribution >= 0.6 is 12.8 Å². The smallest absolute Gasteiger partial charge is 0.241 e. The van der Waals surface area contributed by atoms with Gasteiger partial charge < -0.3 is 5.73 Å². The molecule has 0 aliphatic heterocycles. The predicted octanol–water partition coefficient (Wildman–Crippen LogP) is 0.784. The average Bonchev–Trinajstić information content (AvgIpc) is 2.02. The van der Waals surface area contributed by atoms with Crippen LogP contribution in [-0.4, -0.2) is 5.91 Å². The summed E-state index contributed by atoms with van der Waals surface area (Å²) in [6.45, 7) is 3.53. The quantitative estimate of drug-likeness (QED) is 0.255. The molecule has 0 aromatic rings. The van der Waals surface area contributed by atoms with Gasteiger partial charge in [0.05, 0.1) is 0 Å². The minimum Gasteiger partial charge on any atom is -0.366 e. The summed E-state index contributed by atoms with van der Waals surface area (Å²) in [5.74, 6) is -0.390. The second kappa shape index (κ2) is 12.0. The number of amides is 1. The number of primary amides is 1. The van der Waals surface area contributed by atoms with Crippen molar-refractivity contribution >= 4 is 18.7 Å². The van der Waals surface area contributed by atoms with Crippen molar-refractivity contribution in [1.29, 1.82) is 0 Å². The first-order valence-corrected chi connectivity index (χ1v) is 3.61. The van der Waals surface area contributed by atoms with Gasteiger partial charge in [-0.3, -0.25) is 9.93 Å². The lowest BCUT2D eigenvalue weighted by Crippen LogP contribution is -2.05. The second-order valence-electron chi connectivity index (χ2n) is 1.67. The molecule has 0 bridgehead atoms. The first kappa shape index (κ1) is 12.9. The summed E-state index contributed by atoms with van der Waals surface area (Å²) in [6.07, 6.45) is 6.63. The van der Waals surface area contributed by atoms with Gasteiger partial charge in [-0.15, -0.1) is 19.4 Å². The fourth-order valence-electron chi connectivity index (χ4n) is 0.414. The van der Waals surface area contributed by atoms with Crippen molar-refractivity contribution in [2.75, 3.05) is 0 Å². The molecule has 0 fully saturated rings. The van der Waals surface area contributed by atoms with Gasteiger partial charge in [0, 0.05) is 0 Å². The minimum absolute atomic E-state index is 0.390. The average molecular weight is 174 g/mol. The number of rotatable bonds is 4. The number of allylic oxidation sites excluding steroid dienone is 2. The number of carbonyl (C=O) groups excluding carboxylic acids is 1. The summed E-state index contributed by atoms with van der Waals surface area (Å²) in [5, 5.41) is 4.19. The molecule has 1 amide bonds. The summed E-state index contributed by atoms with van der Waals surface area (Å²) < 4.78 is 0. The number of thiol groups is 1. The van der Waals surface area contributed by atoms with E-state index in [4.69, 9.17) is 5.73 Å². The Balaban J connectivity index is 0. The van der Waals surface area contributed by atoms with Crippen molar-refractivity contribution in [1.82, 2.24) is 0 Å². The van der Waals surface area contributed by atoms with Crippen molar-refractivity contribution < 1.29 is 4.79 Å². The molecule has 0 aliphatic carbocycles. The molecule has 0 heterocycles. The Morgan fingerprint density at radius 3 is 2.36 bits per heavy atom.